The molecule has 1 aromatic heterocycles. The largest absolute Gasteiger partial charge is 0.497 e. The highest BCUT2D eigenvalue weighted by Crippen LogP contribution is 2.21. The molecule has 0 amide bonds. The van der Waals surface area contributed by atoms with Crippen molar-refractivity contribution in [3.8, 4) is 5.75 Å². The lowest BCUT2D eigenvalue weighted by Gasteiger charge is -2.10. The number of hydrogen-bond acceptors (Lipinski definition) is 4. The Hall–Kier alpha value is -2.04. The lowest BCUT2D eigenvalue weighted by molar-refractivity contribution is 0.414. The first-order valence-corrected chi connectivity index (χ1v) is 5.42. The van der Waals surface area contributed by atoms with E-state index in [4.69, 9.17) is 4.74 Å². The van der Waals surface area contributed by atoms with Crippen LogP contribution in [0.5, 0.6) is 5.75 Å². The third-order valence-electron chi connectivity index (χ3n) is 2.68. The Kier molecular flexibility index (Phi) is 3.27. The third-order valence-corrected chi connectivity index (χ3v) is 2.68. The van der Waals surface area contributed by atoms with Crippen LogP contribution < -0.4 is 10.1 Å². The van der Waals surface area contributed by atoms with E-state index in [0.717, 1.165) is 22.8 Å². The zero-order chi connectivity index (χ0) is 12.3. The highest BCUT2D eigenvalue weighted by molar-refractivity contribution is 5.53. The van der Waals surface area contributed by atoms with Crippen molar-refractivity contribution < 1.29 is 4.74 Å². The van der Waals surface area contributed by atoms with Gasteiger partial charge in [0.15, 0.2) is 5.82 Å². The Morgan fingerprint density at radius 2 is 2.24 bits per heavy atom. The molecule has 5 nitrogen and oxygen atoms in total. The van der Waals surface area contributed by atoms with Crippen molar-refractivity contribution in [2.45, 2.75) is 13.5 Å². The highest BCUT2D eigenvalue weighted by atomic mass is 16.5. The Labute approximate surface area is 100 Å². The van der Waals surface area contributed by atoms with Crippen LogP contribution in [0.4, 0.5) is 5.69 Å². The lowest BCUT2D eigenvalue weighted by Crippen LogP contribution is -2.06. The quantitative estimate of drug-likeness (QED) is 0.872. The number of benzene rings is 1. The summed E-state index contributed by atoms with van der Waals surface area (Å²) < 4.78 is 7.06. The maximum atomic E-state index is 5.17. The molecule has 0 bridgehead atoms. The molecule has 2 rings (SSSR count). The first-order chi connectivity index (χ1) is 8.20. The predicted molar refractivity (Wildman–Crippen MR) is 66.1 cm³/mol. The molecule has 1 aromatic carbocycles. The van der Waals surface area contributed by atoms with Gasteiger partial charge in [0.25, 0.3) is 0 Å². The number of anilines is 1. The van der Waals surface area contributed by atoms with Crippen molar-refractivity contribution >= 4 is 5.69 Å². The summed E-state index contributed by atoms with van der Waals surface area (Å²) in [5.74, 6) is 1.77. The van der Waals surface area contributed by atoms with Gasteiger partial charge >= 0.3 is 0 Å². The number of methoxy groups -OCH3 is 1. The molecular formula is C12H16N4O. The van der Waals surface area contributed by atoms with E-state index in [1.807, 2.05) is 36.7 Å². The Bertz CT molecular complexity index is 507. The van der Waals surface area contributed by atoms with Gasteiger partial charge in [-0.05, 0) is 30.7 Å². The van der Waals surface area contributed by atoms with Crippen LogP contribution in [0.15, 0.2) is 24.5 Å². The maximum Gasteiger partial charge on any atom is 0.151 e. The summed E-state index contributed by atoms with van der Waals surface area (Å²) in [6.45, 7) is 2.70. The Balaban J connectivity index is 2.07. The summed E-state index contributed by atoms with van der Waals surface area (Å²) in [4.78, 5) is 0. The van der Waals surface area contributed by atoms with Crippen LogP contribution in [-0.4, -0.2) is 21.9 Å². The molecule has 0 fully saturated rings. The van der Waals surface area contributed by atoms with Gasteiger partial charge in [0.05, 0.1) is 13.7 Å². The van der Waals surface area contributed by atoms with Gasteiger partial charge in [0, 0.05) is 12.7 Å². The smallest absolute Gasteiger partial charge is 0.151 e. The fourth-order valence-electron chi connectivity index (χ4n) is 1.60. The van der Waals surface area contributed by atoms with Crippen LogP contribution in [0, 0.1) is 6.92 Å². The van der Waals surface area contributed by atoms with Crippen molar-refractivity contribution in [1.29, 1.82) is 0 Å². The second-order valence-corrected chi connectivity index (χ2v) is 3.89. The molecule has 0 aliphatic carbocycles. The molecule has 90 valence electrons. The number of rotatable bonds is 4. The number of aryl methyl sites for hydroxylation is 2. The highest BCUT2D eigenvalue weighted by Gasteiger charge is 2.03. The van der Waals surface area contributed by atoms with E-state index in [2.05, 4.69) is 15.5 Å². The van der Waals surface area contributed by atoms with Gasteiger partial charge in [-0.25, -0.2) is 0 Å². The SMILES string of the molecule is COc1ccc(NCc2nncn2C)c(C)c1. The van der Waals surface area contributed by atoms with Crippen LogP contribution in [-0.2, 0) is 13.6 Å². The number of hydrogen-bond donors (Lipinski definition) is 1. The summed E-state index contributed by atoms with van der Waals surface area (Å²) in [5, 5.41) is 11.2. The first-order valence-electron chi connectivity index (χ1n) is 5.42. The van der Waals surface area contributed by atoms with E-state index in [9.17, 15) is 0 Å². The summed E-state index contributed by atoms with van der Waals surface area (Å²) in [5.41, 5.74) is 2.22. The molecular weight excluding hydrogens is 216 g/mol. The summed E-state index contributed by atoms with van der Waals surface area (Å²) in [7, 11) is 3.60. The molecule has 0 saturated carbocycles. The standard InChI is InChI=1S/C12H16N4O/c1-9-6-10(17-3)4-5-11(9)13-7-12-15-14-8-16(12)2/h4-6,8,13H,7H2,1-3H3. The van der Waals surface area contributed by atoms with E-state index in [1.54, 1.807) is 13.4 Å². The van der Waals surface area contributed by atoms with Gasteiger partial charge in [-0.1, -0.05) is 0 Å². The topological polar surface area (TPSA) is 52.0 Å². The normalized spacial score (nSPS) is 10.3. The van der Waals surface area contributed by atoms with Gasteiger partial charge in [0.2, 0.25) is 0 Å². The van der Waals surface area contributed by atoms with Crippen molar-refractivity contribution in [2.75, 3.05) is 12.4 Å². The molecule has 5 heteroatoms. The van der Waals surface area contributed by atoms with Crippen molar-refractivity contribution in [2.24, 2.45) is 7.05 Å². The molecule has 2 aromatic rings. The monoisotopic (exact) mass is 232 g/mol. The molecule has 0 saturated heterocycles. The maximum absolute atomic E-state index is 5.17. The fraction of sp³-hybridized carbons (Fsp3) is 0.333. The minimum absolute atomic E-state index is 0.656. The molecule has 0 radical (unpaired) electrons. The van der Waals surface area contributed by atoms with Crippen LogP contribution in [0.25, 0.3) is 0 Å². The van der Waals surface area contributed by atoms with Crippen LogP contribution in [0.2, 0.25) is 0 Å². The van der Waals surface area contributed by atoms with Gasteiger partial charge in [-0.15, -0.1) is 10.2 Å². The minimum atomic E-state index is 0.656. The van der Waals surface area contributed by atoms with Crippen molar-refractivity contribution in [1.82, 2.24) is 14.8 Å². The molecule has 0 atom stereocenters. The average Bonchev–Trinajstić information content (AvgIpc) is 2.73. The van der Waals surface area contributed by atoms with E-state index < -0.39 is 0 Å². The minimum Gasteiger partial charge on any atom is -0.497 e. The number of nitrogens with zero attached hydrogens (tertiary/aromatic N) is 3. The summed E-state index contributed by atoms with van der Waals surface area (Å²) >= 11 is 0. The third kappa shape index (κ3) is 2.55. The second kappa shape index (κ2) is 4.86. The number of nitrogens with one attached hydrogen (secondary N) is 1. The summed E-state index contributed by atoms with van der Waals surface area (Å²) in [6, 6.07) is 5.94. The van der Waals surface area contributed by atoms with Gasteiger partial charge in [-0.3, -0.25) is 0 Å². The lowest BCUT2D eigenvalue weighted by atomic mass is 10.2. The molecule has 17 heavy (non-hydrogen) atoms. The van der Waals surface area contributed by atoms with Gasteiger partial charge in [-0.2, -0.15) is 0 Å². The zero-order valence-electron chi connectivity index (χ0n) is 10.3. The van der Waals surface area contributed by atoms with Crippen LogP contribution in [0.1, 0.15) is 11.4 Å². The van der Waals surface area contributed by atoms with Crippen LogP contribution in [0.3, 0.4) is 0 Å². The average molecular weight is 232 g/mol. The van der Waals surface area contributed by atoms with E-state index in [-0.39, 0.29) is 0 Å². The van der Waals surface area contributed by atoms with Crippen LogP contribution >= 0.6 is 0 Å². The Morgan fingerprint density at radius 1 is 1.41 bits per heavy atom. The van der Waals surface area contributed by atoms with E-state index in [1.165, 1.54) is 0 Å². The van der Waals surface area contributed by atoms with Crippen molar-refractivity contribution in [3.63, 3.8) is 0 Å². The molecule has 0 unspecified atom stereocenters. The second-order valence-electron chi connectivity index (χ2n) is 3.89. The fourth-order valence-corrected chi connectivity index (χ4v) is 1.60. The predicted octanol–water partition coefficient (Wildman–Crippen LogP) is 1.74. The molecule has 1 N–H and O–H groups in total. The molecule has 0 aliphatic rings. The van der Waals surface area contributed by atoms with Gasteiger partial charge in [0.1, 0.15) is 12.1 Å². The Morgan fingerprint density at radius 3 is 2.82 bits per heavy atom. The molecule has 0 aliphatic heterocycles. The van der Waals surface area contributed by atoms with E-state index in [0.29, 0.717) is 6.54 Å². The van der Waals surface area contributed by atoms with E-state index >= 15 is 0 Å². The molecule has 0 spiro atoms. The van der Waals surface area contributed by atoms with Gasteiger partial charge < -0.3 is 14.6 Å². The summed E-state index contributed by atoms with van der Waals surface area (Å²) in [6.07, 6.45) is 1.69. The number of ether oxygens (including phenoxy) is 1. The molecule has 1 heterocycles. The first kappa shape index (κ1) is 11.4. The van der Waals surface area contributed by atoms with Crippen molar-refractivity contribution in [3.05, 3.63) is 35.9 Å². The zero-order valence-corrected chi connectivity index (χ0v) is 10.3. The number of aromatic nitrogens is 3.